The highest BCUT2D eigenvalue weighted by Crippen LogP contribution is 2.21. The molecule has 2 rings (SSSR count). The van der Waals surface area contributed by atoms with Crippen LogP contribution < -0.4 is 5.32 Å². The first kappa shape index (κ1) is 15.0. The van der Waals surface area contributed by atoms with Gasteiger partial charge in [-0.05, 0) is 37.1 Å². The molecule has 0 aliphatic carbocycles. The molecule has 0 aliphatic heterocycles. The lowest BCUT2D eigenvalue weighted by Crippen LogP contribution is -2.36. The Balaban J connectivity index is 1.99. The number of rotatable bonds is 5. The summed E-state index contributed by atoms with van der Waals surface area (Å²) in [5.74, 6) is 0. The molecule has 2 N–H and O–H groups in total. The minimum atomic E-state index is -0.887. The lowest BCUT2D eigenvalue weighted by molar-refractivity contribution is 0.0543. The van der Waals surface area contributed by atoms with Gasteiger partial charge in [-0.2, -0.15) is 0 Å². The second-order valence-corrected chi connectivity index (χ2v) is 5.73. The Labute approximate surface area is 125 Å². The van der Waals surface area contributed by atoms with Gasteiger partial charge < -0.3 is 10.4 Å². The van der Waals surface area contributed by atoms with E-state index < -0.39 is 5.60 Å². The molecule has 0 amide bonds. The topological polar surface area (TPSA) is 32.3 Å². The van der Waals surface area contributed by atoms with E-state index in [1.807, 2.05) is 61.5 Å². The first-order valence-electron chi connectivity index (χ1n) is 6.76. The van der Waals surface area contributed by atoms with E-state index in [2.05, 4.69) is 12.2 Å². The van der Waals surface area contributed by atoms with E-state index in [4.69, 9.17) is 11.6 Å². The van der Waals surface area contributed by atoms with E-state index >= 15 is 0 Å². The summed E-state index contributed by atoms with van der Waals surface area (Å²) in [6.45, 7) is 4.38. The highest BCUT2D eigenvalue weighted by molar-refractivity contribution is 6.30. The van der Waals surface area contributed by atoms with Crippen molar-refractivity contribution < 1.29 is 5.11 Å². The van der Waals surface area contributed by atoms with Crippen LogP contribution in [0.4, 0.5) is 0 Å². The normalized spacial score (nSPS) is 15.6. The van der Waals surface area contributed by atoms with Crippen LogP contribution in [0.1, 0.15) is 31.0 Å². The van der Waals surface area contributed by atoms with E-state index in [-0.39, 0.29) is 6.04 Å². The lowest BCUT2D eigenvalue weighted by Gasteiger charge is -2.26. The van der Waals surface area contributed by atoms with Crippen molar-refractivity contribution in [3.8, 4) is 0 Å². The maximum absolute atomic E-state index is 10.5. The summed E-state index contributed by atoms with van der Waals surface area (Å²) >= 11 is 5.89. The molecule has 2 unspecified atom stereocenters. The maximum Gasteiger partial charge on any atom is 0.0992 e. The third-order valence-electron chi connectivity index (χ3n) is 3.52. The summed E-state index contributed by atoms with van der Waals surface area (Å²) in [6, 6.07) is 17.6. The molecule has 0 aromatic heterocycles. The molecule has 0 radical (unpaired) electrons. The fraction of sp³-hybridized carbons (Fsp3) is 0.294. The molecule has 0 aliphatic rings. The monoisotopic (exact) mass is 289 g/mol. The van der Waals surface area contributed by atoms with Gasteiger partial charge in [-0.15, -0.1) is 0 Å². The van der Waals surface area contributed by atoms with Crippen LogP contribution in [0.3, 0.4) is 0 Å². The molecular weight excluding hydrogens is 270 g/mol. The van der Waals surface area contributed by atoms with Crippen molar-refractivity contribution in [2.75, 3.05) is 6.54 Å². The molecule has 2 aromatic carbocycles. The molecule has 3 heteroatoms. The largest absolute Gasteiger partial charge is 0.384 e. The van der Waals surface area contributed by atoms with Gasteiger partial charge in [0.25, 0.3) is 0 Å². The highest BCUT2D eigenvalue weighted by Gasteiger charge is 2.23. The SMILES string of the molecule is CC(NCC(C)(O)c1ccccc1)c1ccc(Cl)cc1. The molecule has 0 bridgehead atoms. The average molecular weight is 290 g/mol. The van der Waals surface area contributed by atoms with E-state index in [9.17, 15) is 5.11 Å². The van der Waals surface area contributed by atoms with Crippen molar-refractivity contribution in [1.82, 2.24) is 5.32 Å². The molecule has 0 spiro atoms. The highest BCUT2D eigenvalue weighted by atomic mass is 35.5. The van der Waals surface area contributed by atoms with E-state index in [0.29, 0.717) is 6.54 Å². The second-order valence-electron chi connectivity index (χ2n) is 5.29. The molecule has 0 saturated carbocycles. The fourth-order valence-electron chi connectivity index (χ4n) is 2.12. The van der Waals surface area contributed by atoms with Crippen LogP contribution in [-0.4, -0.2) is 11.7 Å². The standard InChI is InChI=1S/C17H20ClNO/c1-13(14-8-10-16(18)11-9-14)19-12-17(2,20)15-6-4-3-5-7-15/h3-11,13,19-20H,12H2,1-2H3. The van der Waals surface area contributed by atoms with Gasteiger partial charge in [-0.25, -0.2) is 0 Å². The average Bonchev–Trinajstić information content (AvgIpc) is 2.46. The minimum absolute atomic E-state index is 0.155. The Hall–Kier alpha value is -1.35. The fourth-order valence-corrected chi connectivity index (χ4v) is 2.25. The summed E-state index contributed by atoms with van der Waals surface area (Å²) in [4.78, 5) is 0. The smallest absolute Gasteiger partial charge is 0.0992 e. The van der Waals surface area contributed by atoms with Crippen LogP contribution in [0.5, 0.6) is 0 Å². The Morgan fingerprint density at radius 2 is 1.70 bits per heavy atom. The molecular formula is C17H20ClNO. The van der Waals surface area contributed by atoms with Crippen LogP contribution in [-0.2, 0) is 5.60 Å². The summed E-state index contributed by atoms with van der Waals surface area (Å²) in [5.41, 5.74) is 1.18. The summed E-state index contributed by atoms with van der Waals surface area (Å²) in [7, 11) is 0. The minimum Gasteiger partial charge on any atom is -0.384 e. The van der Waals surface area contributed by atoms with Crippen molar-refractivity contribution in [2.45, 2.75) is 25.5 Å². The van der Waals surface area contributed by atoms with Crippen LogP contribution in [0.15, 0.2) is 54.6 Å². The number of hydrogen-bond donors (Lipinski definition) is 2. The number of nitrogens with one attached hydrogen (secondary N) is 1. The molecule has 0 saturated heterocycles. The second kappa shape index (κ2) is 6.40. The van der Waals surface area contributed by atoms with Gasteiger partial charge in [-0.3, -0.25) is 0 Å². The first-order valence-corrected chi connectivity index (χ1v) is 7.13. The van der Waals surface area contributed by atoms with Crippen LogP contribution >= 0.6 is 11.6 Å². The van der Waals surface area contributed by atoms with Crippen molar-refractivity contribution in [1.29, 1.82) is 0 Å². The molecule has 0 heterocycles. The summed E-state index contributed by atoms with van der Waals surface area (Å²) in [5, 5.41) is 14.6. The van der Waals surface area contributed by atoms with E-state index in [0.717, 1.165) is 16.1 Å². The molecule has 106 valence electrons. The van der Waals surface area contributed by atoms with Gasteiger partial charge in [0.1, 0.15) is 0 Å². The quantitative estimate of drug-likeness (QED) is 0.875. The number of halogens is 1. The van der Waals surface area contributed by atoms with E-state index in [1.54, 1.807) is 0 Å². The zero-order valence-electron chi connectivity index (χ0n) is 11.8. The van der Waals surface area contributed by atoms with Crippen LogP contribution in [0.25, 0.3) is 0 Å². The molecule has 2 atom stereocenters. The summed E-state index contributed by atoms with van der Waals surface area (Å²) in [6.07, 6.45) is 0. The lowest BCUT2D eigenvalue weighted by atomic mass is 9.95. The predicted octanol–water partition coefficient (Wildman–Crippen LogP) is 3.90. The van der Waals surface area contributed by atoms with Crippen LogP contribution in [0, 0.1) is 0 Å². The van der Waals surface area contributed by atoms with Gasteiger partial charge >= 0.3 is 0 Å². The van der Waals surface area contributed by atoms with Crippen molar-refractivity contribution in [3.63, 3.8) is 0 Å². The van der Waals surface area contributed by atoms with Gasteiger partial charge in [0.15, 0.2) is 0 Å². The third-order valence-corrected chi connectivity index (χ3v) is 3.77. The van der Waals surface area contributed by atoms with Gasteiger partial charge in [0.05, 0.1) is 5.60 Å². The predicted molar refractivity (Wildman–Crippen MR) is 83.9 cm³/mol. The Bertz CT molecular complexity index is 537. The zero-order chi connectivity index (χ0) is 14.6. The number of aliphatic hydroxyl groups is 1. The molecule has 2 nitrogen and oxygen atoms in total. The van der Waals surface area contributed by atoms with Gasteiger partial charge in [0, 0.05) is 17.6 Å². The van der Waals surface area contributed by atoms with E-state index in [1.165, 1.54) is 0 Å². The zero-order valence-corrected chi connectivity index (χ0v) is 12.6. The van der Waals surface area contributed by atoms with Crippen molar-refractivity contribution in [3.05, 3.63) is 70.7 Å². The van der Waals surface area contributed by atoms with Crippen molar-refractivity contribution >= 4 is 11.6 Å². The summed E-state index contributed by atoms with van der Waals surface area (Å²) < 4.78 is 0. The Kier molecular flexibility index (Phi) is 4.81. The number of benzene rings is 2. The Morgan fingerprint density at radius 1 is 1.10 bits per heavy atom. The van der Waals surface area contributed by atoms with Crippen molar-refractivity contribution in [2.24, 2.45) is 0 Å². The molecule has 2 aromatic rings. The molecule has 20 heavy (non-hydrogen) atoms. The first-order chi connectivity index (χ1) is 9.49. The van der Waals surface area contributed by atoms with Crippen LogP contribution in [0.2, 0.25) is 5.02 Å². The van der Waals surface area contributed by atoms with Gasteiger partial charge in [0.2, 0.25) is 0 Å². The Morgan fingerprint density at radius 3 is 2.30 bits per heavy atom. The third kappa shape index (κ3) is 3.83. The maximum atomic E-state index is 10.5. The van der Waals surface area contributed by atoms with Gasteiger partial charge in [-0.1, -0.05) is 54.1 Å². The molecule has 0 fully saturated rings. The number of hydrogen-bond acceptors (Lipinski definition) is 2.